The van der Waals surface area contributed by atoms with Crippen molar-refractivity contribution in [3.63, 3.8) is 0 Å². The molecule has 0 rings (SSSR count). The predicted molar refractivity (Wildman–Crippen MR) is 100 cm³/mol. The van der Waals surface area contributed by atoms with Gasteiger partial charge in [-0.05, 0) is 6.42 Å². The zero-order valence-electron chi connectivity index (χ0n) is 15.6. The molecule has 0 N–H and O–H groups in total. The van der Waals surface area contributed by atoms with Gasteiger partial charge in [-0.15, -0.1) is 0 Å². The molecule has 0 radical (unpaired) electrons. The third kappa shape index (κ3) is 19.2. The minimum absolute atomic E-state index is 0.148. The summed E-state index contributed by atoms with van der Waals surface area (Å²) in [4.78, 5) is 11.1. The number of hydrogen-bond acceptors (Lipinski definition) is 2. The number of esters is 1. The summed E-state index contributed by atoms with van der Waals surface area (Å²) in [7, 11) is 0. The third-order valence-corrected chi connectivity index (χ3v) is 4.45. The lowest BCUT2D eigenvalue weighted by Gasteiger charge is -2.03. The maximum Gasteiger partial charge on any atom is 0.310 e. The van der Waals surface area contributed by atoms with Gasteiger partial charge in [0.1, 0.15) is 0 Å². The van der Waals surface area contributed by atoms with Gasteiger partial charge in [-0.25, -0.2) is 0 Å². The van der Waals surface area contributed by atoms with E-state index < -0.39 is 0 Å². The van der Waals surface area contributed by atoms with Gasteiger partial charge in [0.25, 0.3) is 0 Å². The first-order valence-corrected chi connectivity index (χ1v) is 10.1. The van der Waals surface area contributed by atoms with Crippen LogP contribution in [0.1, 0.15) is 116 Å². The number of carbonyl (C=O) groups is 1. The Morgan fingerprint density at radius 3 is 1.39 bits per heavy atom. The standard InChI is InChI=1S/C21H40O2/c1-3-5-6-7-8-9-10-11-12-13-14-15-16-17-18-19-20-21(22)23-4-2/h4H,2-3,5-20H2,1H3. The van der Waals surface area contributed by atoms with E-state index in [1.807, 2.05) is 0 Å². The SMILES string of the molecule is C=COC(=O)CCCCCCCCCCCCCCCCCC. The van der Waals surface area contributed by atoms with Crippen LogP contribution < -0.4 is 0 Å². The molecule has 0 spiro atoms. The van der Waals surface area contributed by atoms with Crippen LogP contribution in [0.4, 0.5) is 0 Å². The van der Waals surface area contributed by atoms with E-state index in [0.717, 1.165) is 12.8 Å². The zero-order chi connectivity index (χ0) is 17.0. The minimum atomic E-state index is -0.148. The number of unbranched alkanes of at least 4 members (excludes halogenated alkanes) is 15. The van der Waals surface area contributed by atoms with Crippen molar-refractivity contribution in [3.8, 4) is 0 Å². The van der Waals surface area contributed by atoms with Crippen LogP contribution in [0, 0.1) is 0 Å². The molecule has 0 saturated heterocycles. The number of rotatable bonds is 18. The van der Waals surface area contributed by atoms with Gasteiger partial charge < -0.3 is 4.74 Å². The Morgan fingerprint density at radius 1 is 0.696 bits per heavy atom. The average molecular weight is 325 g/mol. The zero-order valence-corrected chi connectivity index (χ0v) is 15.6. The first kappa shape index (κ1) is 22.2. The third-order valence-electron chi connectivity index (χ3n) is 4.45. The maximum atomic E-state index is 11.1. The van der Waals surface area contributed by atoms with Crippen molar-refractivity contribution in [1.29, 1.82) is 0 Å². The van der Waals surface area contributed by atoms with Crippen LogP contribution in [0.2, 0.25) is 0 Å². The normalized spacial score (nSPS) is 10.7. The molecular formula is C21H40O2. The molecule has 0 heterocycles. The average Bonchev–Trinajstić information content (AvgIpc) is 2.54. The quantitative estimate of drug-likeness (QED) is 0.150. The summed E-state index contributed by atoms with van der Waals surface area (Å²) in [5.41, 5.74) is 0. The Labute approximate surface area is 145 Å². The monoisotopic (exact) mass is 324 g/mol. The van der Waals surface area contributed by atoms with Crippen molar-refractivity contribution in [2.24, 2.45) is 0 Å². The minimum Gasteiger partial charge on any atom is -0.435 e. The van der Waals surface area contributed by atoms with Crippen molar-refractivity contribution in [2.45, 2.75) is 116 Å². The highest BCUT2D eigenvalue weighted by Crippen LogP contribution is 2.14. The van der Waals surface area contributed by atoms with E-state index >= 15 is 0 Å². The van der Waals surface area contributed by atoms with E-state index in [1.54, 1.807) is 0 Å². The van der Waals surface area contributed by atoms with Gasteiger partial charge in [0, 0.05) is 6.42 Å². The molecule has 0 aliphatic carbocycles. The largest absolute Gasteiger partial charge is 0.435 e. The Balaban J connectivity index is 3.02. The number of ether oxygens (including phenoxy) is 1. The van der Waals surface area contributed by atoms with Crippen LogP contribution in [-0.2, 0) is 9.53 Å². The maximum absolute atomic E-state index is 11.1. The molecule has 2 heteroatoms. The summed E-state index contributed by atoms with van der Waals surface area (Å²) in [5, 5.41) is 0. The Morgan fingerprint density at radius 2 is 1.04 bits per heavy atom. The van der Waals surface area contributed by atoms with Crippen LogP contribution in [0.15, 0.2) is 12.8 Å². The summed E-state index contributed by atoms with van der Waals surface area (Å²) >= 11 is 0. The molecule has 0 amide bonds. The highest BCUT2D eigenvalue weighted by Gasteiger charge is 2.00. The second-order valence-corrected chi connectivity index (χ2v) is 6.71. The van der Waals surface area contributed by atoms with Gasteiger partial charge in [-0.3, -0.25) is 4.79 Å². The van der Waals surface area contributed by atoms with Crippen LogP contribution in [-0.4, -0.2) is 5.97 Å². The summed E-state index contributed by atoms with van der Waals surface area (Å²) in [5.74, 6) is -0.148. The Bertz CT molecular complexity index is 261. The Hall–Kier alpha value is -0.790. The fourth-order valence-corrected chi connectivity index (χ4v) is 2.97. The molecule has 2 nitrogen and oxygen atoms in total. The molecule has 0 fully saturated rings. The second-order valence-electron chi connectivity index (χ2n) is 6.71. The molecule has 0 aromatic rings. The lowest BCUT2D eigenvalue weighted by molar-refractivity contribution is -0.138. The summed E-state index contributed by atoms with van der Waals surface area (Å²) < 4.78 is 4.69. The fraction of sp³-hybridized carbons (Fsp3) is 0.857. The first-order valence-electron chi connectivity index (χ1n) is 10.1. The lowest BCUT2D eigenvalue weighted by atomic mass is 10.0. The van der Waals surface area contributed by atoms with E-state index in [1.165, 1.54) is 96.2 Å². The Kier molecular flexibility index (Phi) is 18.6. The van der Waals surface area contributed by atoms with Gasteiger partial charge in [0.2, 0.25) is 0 Å². The predicted octanol–water partition coefficient (Wildman–Crippen LogP) is 7.32. The summed E-state index contributed by atoms with van der Waals surface area (Å²) in [6, 6.07) is 0. The van der Waals surface area contributed by atoms with E-state index in [9.17, 15) is 4.79 Å². The molecule has 0 bridgehead atoms. The molecular weight excluding hydrogens is 284 g/mol. The summed E-state index contributed by atoms with van der Waals surface area (Å²) in [6.07, 6.45) is 23.4. The van der Waals surface area contributed by atoms with E-state index in [2.05, 4.69) is 13.5 Å². The molecule has 136 valence electrons. The molecule has 0 unspecified atom stereocenters. The smallest absolute Gasteiger partial charge is 0.310 e. The fourth-order valence-electron chi connectivity index (χ4n) is 2.97. The van der Waals surface area contributed by atoms with Crippen LogP contribution >= 0.6 is 0 Å². The van der Waals surface area contributed by atoms with Crippen molar-refractivity contribution in [1.82, 2.24) is 0 Å². The molecule has 0 aliphatic heterocycles. The van der Waals surface area contributed by atoms with Gasteiger partial charge in [0.15, 0.2) is 0 Å². The van der Waals surface area contributed by atoms with Crippen LogP contribution in [0.25, 0.3) is 0 Å². The second kappa shape index (κ2) is 19.3. The van der Waals surface area contributed by atoms with Gasteiger partial charge in [0.05, 0.1) is 6.26 Å². The molecule has 0 aliphatic rings. The van der Waals surface area contributed by atoms with E-state index in [-0.39, 0.29) is 5.97 Å². The van der Waals surface area contributed by atoms with Gasteiger partial charge >= 0.3 is 5.97 Å². The van der Waals surface area contributed by atoms with Crippen molar-refractivity contribution < 1.29 is 9.53 Å². The molecule has 0 aromatic carbocycles. The highest BCUT2D eigenvalue weighted by atomic mass is 16.5. The van der Waals surface area contributed by atoms with E-state index in [4.69, 9.17) is 4.74 Å². The van der Waals surface area contributed by atoms with Crippen molar-refractivity contribution in [2.75, 3.05) is 0 Å². The van der Waals surface area contributed by atoms with Gasteiger partial charge in [-0.1, -0.05) is 110 Å². The molecule has 0 atom stereocenters. The summed E-state index contributed by atoms with van der Waals surface area (Å²) in [6.45, 7) is 5.66. The lowest BCUT2D eigenvalue weighted by Crippen LogP contribution is -1.98. The van der Waals surface area contributed by atoms with E-state index in [0.29, 0.717) is 6.42 Å². The molecule has 0 aromatic heterocycles. The number of carbonyl (C=O) groups excluding carboxylic acids is 1. The topological polar surface area (TPSA) is 26.3 Å². The van der Waals surface area contributed by atoms with Crippen molar-refractivity contribution in [3.05, 3.63) is 12.8 Å². The van der Waals surface area contributed by atoms with Gasteiger partial charge in [-0.2, -0.15) is 0 Å². The number of hydrogen-bond donors (Lipinski definition) is 0. The van der Waals surface area contributed by atoms with Crippen LogP contribution in [0.5, 0.6) is 0 Å². The highest BCUT2D eigenvalue weighted by molar-refractivity contribution is 5.69. The van der Waals surface area contributed by atoms with Crippen molar-refractivity contribution >= 4 is 5.97 Å². The van der Waals surface area contributed by atoms with Crippen LogP contribution in [0.3, 0.4) is 0 Å². The first-order chi connectivity index (χ1) is 11.3. The molecule has 23 heavy (non-hydrogen) atoms. The molecule has 0 saturated carbocycles.